The van der Waals surface area contributed by atoms with Gasteiger partial charge in [0.05, 0.1) is 26.4 Å². The third-order valence-corrected chi connectivity index (χ3v) is 20.6. The van der Waals surface area contributed by atoms with Gasteiger partial charge in [-0.05, 0) is 37.5 Å². The monoisotopic (exact) mass is 1450 g/mol. The first-order valence-corrected chi connectivity index (χ1v) is 44.5. The summed E-state index contributed by atoms with van der Waals surface area (Å²) in [4.78, 5) is 72.8. The minimum absolute atomic E-state index is 0.106. The summed E-state index contributed by atoms with van der Waals surface area (Å²) in [6.07, 6.45) is 61.3. The van der Waals surface area contributed by atoms with Crippen LogP contribution >= 0.6 is 15.6 Å². The Morgan fingerprint density at radius 2 is 0.465 bits per heavy atom. The molecule has 0 aliphatic carbocycles. The molecule has 3 N–H and O–H groups in total. The van der Waals surface area contributed by atoms with Crippen molar-refractivity contribution in [1.29, 1.82) is 0 Å². The second-order valence-corrected chi connectivity index (χ2v) is 32.7. The molecule has 0 saturated heterocycles. The van der Waals surface area contributed by atoms with Gasteiger partial charge in [0.2, 0.25) is 0 Å². The first-order chi connectivity index (χ1) is 47.9. The Morgan fingerprint density at radius 3 is 0.687 bits per heavy atom. The quantitative estimate of drug-likeness (QED) is 0.0222. The van der Waals surface area contributed by atoms with Gasteiger partial charge < -0.3 is 33.8 Å². The second-order valence-electron chi connectivity index (χ2n) is 29.8. The van der Waals surface area contributed by atoms with Crippen molar-refractivity contribution in [1.82, 2.24) is 0 Å². The average molecular weight is 1450 g/mol. The van der Waals surface area contributed by atoms with Gasteiger partial charge in [-0.3, -0.25) is 37.3 Å². The Balaban J connectivity index is 5.17. The summed E-state index contributed by atoms with van der Waals surface area (Å²) in [6.45, 7) is 9.60. The van der Waals surface area contributed by atoms with Crippen molar-refractivity contribution < 1.29 is 80.2 Å². The molecule has 0 aliphatic heterocycles. The molecule has 0 heterocycles. The van der Waals surface area contributed by atoms with E-state index in [0.29, 0.717) is 25.7 Å². The highest BCUT2D eigenvalue weighted by atomic mass is 31.2. The second kappa shape index (κ2) is 71.7. The standard InChI is InChI=1S/C80H156O17P2/c1-7-9-11-13-15-16-17-18-19-20-21-22-23-28-31-34-40-46-52-58-64-79(84)97-76(69-91-78(83)63-57-51-45-39-33-30-27-25-24-26-29-32-37-43-48-54-60-72(3)4)71-95-99(88,89)93-67-74(81)66-92-98(86,87)94-70-75(68-90-77(82)62-56-50-42-14-12-10-8-2)96-80(85)65-59-53-47-41-36-35-38-44-49-55-61-73(5)6/h72-76,81H,7-71H2,1-6H3,(H,86,87)(H,88,89)/t74-,75+,76+/m0/s1. The van der Waals surface area contributed by atoms with Crippen LogP contribution in [0.25, 0.3) is 0 Å². The van der Waals surface area contributed by atoms with Crippen molar-refractivity contribution in [2.75, 3.05) is 39.6 Å². The molecule has 17 nitrogen and oxygen atoms in total. The van der Waals surface area contributed by atoms with Crippen LogP contribution < -0.4 is 0 Å². The van der Waals surface area contributed by atoms with Crippen molar-refractivity contribution in [3.63, 3.8) is 0 Å². The van der Waals surface area contributed by atoms with E-state index in [1.807, 2.05) is 0 Å². The largest absolute Gasteiger partial charge is 0.472 e. The van der Waals surface area contributed by atoms with Crippen LogP contribution in [0.5, 0.6) is 0 Å². The number of phosphoric ester groups is 2. The van der Waals surface area contributed by atoms with Gasteiger partial charge in [0.25, 0.3) is 0 Å². The normalized spacial score (nSPS) is 13.9. The van der Waals surface area contributed by atoms with Crippen molar-refractivity contribution >= 4 is 39.5 Å². The zero-order valence-electron chi connectivity index (χ0n) is 64.8. The third kappa shape index (κ3) is 74.1. The van der Waals surface area contributed by atoms with Crippen molar-refractivity contribution in [2.24, 2.45) is 11.8 Å². The summed E-state index contributed by atoms with van der Waals surface area (Å²) in [6, 6.07) is 0. The van der Waals surface area contributed by atoms with Gasteiger partial charge in [0.1, 0.15) is 19.3 Å². The molecule has 0 aromatic heterocycles. The van der Waals surface area contributed by atoms with Gasteiger partial charge in [-0.25, -0.2) is 9.13 Å². The van der Waals surface area contributed by atoms with Gasteiger partial charge >= 0.3 is 39.5 Å². The lowest BCUT2D eigenvalue weighted by molar-refractivity contribution is -0.161. The van der Waals surface area contributed by atoms with Crippen LogP contribution in [-0.2, 0) is 65.4 Å². The SMILES string of the molecule is CCCCCCCCCCCCCCCCCCCCCCC(=O)O[C@H](COC(=O)CCCCCCCCCCCCCCCCCCC(C)C)COP(=O)(O)OC[C@@H](O)COP(=O)(O)OC[C@@H](COC(=O)CCCCCCCCC)OC(=O)CCCCCCCCCCCCC(C)C. The molecule has 0 aromatic rings. The van der Waals surface area contributed by atoms with Crippen LogP contribution in [0.3, 0.4) is 0 Å². The molecule has 0 aliphatic rings. The number of aliphatic hydroxyl groups excluding tert-OH is 1. The molecule has 588 valence electrons. The number of hydrogen-bond acceptors (Lipinski definition) is 15. The molecule has 0 saturated carbocycles. The van der Waals surface area contributed by atoms with E-state index in [-0.39, 0.29) is 25.7 Å². The number of aliphatic hydroxyl groups is 1. The molecule has 2 unspecified atom stereocenters. The fourth-order valence-electron chi connectivity index (χ4n) is 12.4. The maximum atomic E-state index is 13.1. The summed E-state index contributed by atoms with van der Waals surface area (Å²) in [7, 11) is -9.91. The summed E-state index contributed by atoms with van der Waals surface area (Å²) in [5, 5.41) is 10.6. The lowest BCUT2D eigenvalue weighted by Gasteiger charge is -2.21. The highest BCUT2D eigenvalue weighted by molar-refractivity contribution is 7.47. The molecule has 0 aromatic carbocycles. The number of rotatable bonds is 79. The minimum Gasteiger partial charge on any atom is -0.462 e. The van der Waals surface area contributed by atoms with Gasteiger partial charge in [-0.15, -0.1) is 0 Å². The molecule has 0 radical (unpaired) electrons. The summed E-state index contributed by atoms with van der Waals surface area (Å²) in [5.74, 6) is -0.551. The van der Waals surface area contributed by atoms with Crippen molar-refractivity contribution in [2.45, 2.75) is 439 Å². The van der Waals surface area contributed by atoms with Gasteiger partial charge in [0, 0.05) is 25.7 Å². The number of ether oxygens (including phenoxy) is 4. The molecular weight excluding hydrogens is 1290 g/mol. The molecule has 0 rings (SSSR count). The highest BCUT2D eigenvalue weighted by Gasteiger charge is 2.30. The molecule has 19 heteroatoms. The number of unbranched alkanes of at least 4 members (excludes halogenated alkanes) is 49. The topological polar surface area (TPSA) is 237 Å². The summed E-state index contributed by atoms with van der Waals surface area (Å²) < 4.78 is 68.5. The van der Waals surface area contributed by atoms with Crippen molar-refractivity contribution in [3.05, 3.63) is 0 Å². The first kappa shape index (κ1) is 97.1. The third-order valence-electron chi connectivity index (χ3n) is 18.7. The Hall–Kier alpha value is -1.94. The molecule has 5 atom stereocenters. The number of carbonyl (C=O) groups excluding carboxylic acids is 4. The lowest BCUT2D eigenvalue weighted by atomic mass is 10.0. The van der Waals surface area contributed by atoms with E-state index in [1.165, 1.54) is 225 Å². The van der Waals surface area contributed by atoms with Crippen LogP contribution in [-0.4, -0.2) is 96.7 Å². The first-order valence-electron chi connectivity index (χ1n) is 41.5. The fraction of sp³-hybridized carbons (Fsp3) is 0.950. The van der Waals surface area contributed by atoms with Crippen LogP contribution in [0.15, 0.2) is 0 Å². The van der Waals surface area contributed by atoms with Crippen LogP contribution in [0, 0.1) is 11.8 Å². The van der Waals surface area contributed by atoms with E-state index < -0.39 is 97.5 Å². The Bertz CT molecular complexity index is 1910. The van der Waals surface area contributed by atoms with E-state index in [2.05, 4.69) is 41.5 Å². The van der Waals surface area contributed by atoms with Gasteiger partial charge in [-0.2, -0.15) is 0 Å². The van der Waals surface area contributed by atoms with E-state index in [0.717, 1.165) is 115 Å². The van der Waals surface area contributed by atoms with E-state index >= 15 is 0 Å². The highest BCUT2D eigenvalue weighted by Crippen LogP contribution is 2.45. The Kier molecular flexibility index (Phi) is 70.3. The molecule has 0 fully saturated rings. The zero-order chi connectivity index (χ0) is 72.8. The Labute approximate surface area is 607 Å². The van der Waals surface area contributed by atoms with Crippen molar-refractivity contribution in [3.8, 4) is 0 Å². The van der Waals surface area contributed by atoms with E-state index in [4.69, 9.17) is 37.0 Å². The van der Waals surface area contributed by atoms with Gasteiger partial charge in [-0.1, -0.05) is 369 Å². The lowest BCUT2D eigenvalue weighted by Crippen LogP contribution is -2.30. The maximum absolute atomic E-state index is 13.1. The molecule has 0 spiro atoms. The fourth-order valence-corrected chi connectivity index (χ4v) is 13.9. The Morgan fingerprint density at radius 1 is 0.273 bits per heavy atom. The average Bonchev–Trinajstić information content (AvgIpc) is 0.981. The smallest absolute Gasteiger partial charge is 0.462 e. The number of phosphoric acid groups is 2. The van der Waals surface area contributed by atoms with Crippen LogP contribution in [0.2, 0.25) is 0 Å². The number of hydrogen-bond donors (Lipinski definition) is 3. The minimum atomic E-state index is -4.96. The summed E-state index contributed by atoms with van der Waals surface area (Å²) in [5.41, 5.74) is 0. The zero-order valence-corrected chi connectivity index (χ0v) is 66.6. The molecule has 0 bridgehead atoms. The van der Waals surface area contributed by atoms with E-state index in [1.54, 1.807) is 0 Å². The number of esters is 4. The number of carbonyl (C=O) groups is 4. The van der Waals surface area contributed by atoms with Crippen LogP contribution in [0.1, 0.15) is 420 Å². The van der Waals surface area contributed by atoms with Crippen LogP contribution in [0.4, 0.5) is 0 Å². The van der Waals surface area contributed by atoms with E-state index in [9.17, 15) is 43.2 Å². The predicted octanol–water partition coefficient (Wildman–Crippen LogP) is 23.9. The molecular formula is C80H156O17P2. The molecule has 99 heavy (non-hydrogen) atoms. The molecule has 0 amide bonds. The predicted molar refractivity (Wildman–Crippen MR) is 405 cm³/mol. The summed E-state index contributed by atoms with van der Waals surface area (Å²) >= 11 is 0. The maximum Gasteiger partial charge on any atom is 0.472 e. The van der Waals surface area contributed by atoms with Gasteiger partial charge in [0.15, 0.2) is 12.2 Å².